The molecule has 0 aliphatic rings. The molecule has 0 saturated carbocycles. The highest BCUT2D eigenvalue weighted by atomic mass is 35.5. The summed E-state index contributed by atoms with van der Waals surface area (Å²) >= 11 is 8.52. The number of esters is 1. The zero-order valence-electron chi connectivity index (χ0n) is 13.1. The Morgan fingerprint density at radius 3 is 2.60 bits per heavy atom. The van der Waals surface area contributed by atoms with E-state index in [0.717, 1.165) is 10.6 Å². The minimum Gasteiger partial charge on any atom is -0.459 e. The van der Waals surface area contributed by atoms with Crippen LogP contribution >= 0.6 is 34.3 Å². The molecular weight excluding hydrogens is 378 g/mol. The van der Waals surface area contributed by atoms with Crippen LogP contribution in [0.1, 0.15) is 28.2 Å². The molecule has 0 spiro atoms. The van der Waals surface area contributed by atoms with Gasteiger partial charge in [0, 0.05) is 17.4 Å². The van der Waals surface area contributed by atoms with Crippen LogP contribution in [0.5, 0.6) is 0 Å². The highest BCUT2D eigenvalue weighted by Gasteiger charge is 2.13. The van der Waals surface area contributed by atoms with Gasteiger partial charge in [-0.1, -0.05) is 41.9 Å². The Morgan fingerprint density at radius 2 is 1.88 bits per heavy atom. The molecule has 128 valence electrons. The van der Waals surface area contributed by atoms with Crippen LogP contribution in [-0.2, 0) is 16.1 Å². The number of ketones is 1. The van der Waals surface area contributed by atoms with Gasteiger partial charge in [0.2, 0.25) is 0 Å². The summed E-state index contributed by atoms with van der Waals surface area (Å²) in [6.07, 6.45) is 0.159. The van der Waals surface area contributed by atoms with Crippen molar-refractivity contribution >= 4 is 46.0 Å². The molecule has 2 aromatic heterocycles. The molecule has 25 heavy (non-hydrogen) atoms. The van der Waals surface area contributed by atoms with Crippen molar-refractivity contribution in [3.05, 3.63) is 62.8 Å². The lowest BCUT2D eigenvalue weighted by atomic mass is 10.2. The Labute approximate surface area is 158 Å². The first-order valence-corrected chi connectivity index (χ1v) is 9.63. The molecule has 0 bridgehead atoms. The molecule has 1 aromatic carbocycles. The average Bonchev–Trinajstić information content (AvgIpc) is 3.28. The van der Waals surface area contributed by atoms with Crippen molar-refractivity contribution < 1.29 is 14.3 Å². The van der Waals surface area contributed by atoms with Gasteiger partial charge in [-0.05, 0) is 12.1 Å². The molecule has 0 fully saturated rings. The normalized spacial score (nSPS) is 10.6. The maximum Gasteiger partial charge on any atom is 0.306 e. The third kappa shape index (κ3) is 4.98. The predicted molar refractivity (Wildman–Crippen MR) is 100 cm³/mol. The predicted octanol–water partition coefficient (Wildman–Crippen LogP) is 5.23. The van der Waals surface area contributed by atoms with Gasteiger partial charge >= 0.3 is 5.97 Å². The van der Waals surface area contributed by atoms with Gasteiger partial charge in [-0.15, -0.1) is 22.7 Å². The number of benzene rings is 1. The molecule has 0 aliphatic carbocycles. The quantitative estimate of drug-likeness (QED) is 0.408. The van der Waals surface area contributed by atoms with E-state index >= 15 is 0 Å². The second kappa shape index (κ2) is 8.38. The first-order valence-electron chi connectivity index (χ1n) is 7.56. The smallest absolute Gasteiger partial charge is 0.306 e. The average molecular weight is 392 g/mol. The largest absolute Gasteiger partial charge is 0.459 e. The molecule has 4 nitrogen and oxygen atoms in total. The van der Waals surface area contributed by atoms with Gasteiger partial charge in [-0.3, -0.25) is 9.59 Å². The fraction of sp³-hybridized carbons (Fsp3) is 0.167. The van der Waals surface area contributed by atoms with E-state index in [1.165, 1.54) is 22.7 Å². The Kier molecular flexibility index (Phi) is 5.96. The van der Waals surface area contributed by atoms with Crippen LogP contribution in [0.4, 0.5) is 0 Å². The molecule has 7 heteroatoms. The molecule has 2 heterocycles. The number of aromatic nitrogens is 1. The lowest BCUT2D eigenvalue weighted by Gasteiger charge is -2.02. The number of hydrogen-bond acceptors (Lipinski definition) is 6. The van der Waals surface area contributed by atoms with Crippen molar-refractivity contribution in [2.75, 3.05) is 0 Å². The standard InChI is InChI=1S/C18H14ClNO3S2/c19-16-8-7-15(25-16)14(21)6-9-17(22)23-10-13-11-24-18(20-13)12-4-2-1-3-5-12/h1-5,7-8,11H,6,9-10H2. The monoisotopic (exact) mass is 391 g/mol. The van der Waals surface area contributed by atoms with Crippen molar-refractivity contribution in [2.45, 2.75) is 19.4 Å². The van der Waals surface area contributed by atoms with Gasteiger partial charge in [0.25, 0.3) is 0 Å². The number of thiazole rings is 1. The molecular formula is C18H14ClNO3S2. The highest BCUT2D eigenvalue weighted by molar-refractivity contribution is 7.18. The van der Waals surface area contributed by atoms with Crippen LogP contribution in [0.25, 0.3) is 10.6 Å². The third-order valence-corrected chi connectivity index (χ3v) is 5.57. The molecule has 0 aliphatic heterocycles. The Morgan fingerprint density at radius 1 is 1.08 bits per heavy atom. The Bertz CT molecular complexity index is 873. The zero-order valence-corrected chi connectivity index (χ0v) is 15.5. The summed E-state index contributed by atoms with van der Waals surface area (Å²) in [5.41, 5.74) is 1.74. The van der Waals surface area contributed by atoms with E-state index in [4.69, 9.17) is 16.3 Å². The van der Waals surface area contributed by atoms with Crippen LogP contribution in [0.2, 0.25) is 4.34 Å². The van der Waals surface area contributed by atoms with Crippen LogP contribution in [-0.4, -0.2) is 16.7 Å². The summed E-state index contributed by atoms with van der Waals surface area (Å²) < 4.78 is 5.76. The summed E-state index contributed by atoms with van der Waals surface area (Å²) in [5, 5.41) is 2.76. The summed E-state index contributed by atoms with van der Waals surface area (Å²) in [6.45, 7) is 0.112. The van der Waals surface area contributed by atoms with E-state index in [-0.39, 0.29) is 25.2 Å². The Balaban J connectivity index is 1.46. The van der Waals surface area contributed by atoms with Crippen molar-refractivity contribution in [3.8, 4) is 10.6 Å². The number of nitrogens with zero attached hydrogens (tertiary/aromatic N) is 1. The molecule has 0 saturated heterocycles. The fourth-order valence-corrected chi connectivity index (χ4v) is 3.94. The number of Topliss-reactive ketones (excluding diaryl/α,β-unsaturated/α-hetero) is 1. The second-order valence-corrected chi connectivity index (χ2v) is 7.77. The van der Waals surface area contributed by atoms with E-state index in [2.05, 4.69) is 4.98 Å². The van der Waals surface area contributed by atoms with E-state index in [1.807, 2.05) is 35.7 Å². The van der Waals surface area contributed by atoms with E-state index in [1.54, 1.807) is 12.1 Å². The van der Waals surface area contributed by atoms with E-state index in [0.29, 0.717) is 14.9 Å². The van der Waals surface area contributed by atoms with Crippen LogP contribution in [0.15, 0.2) is 47.8 Å². The van der Waals surface area contributed by atoms with Gasteiger partial charge in [0.1, 0.15) is 11.6 Å². The van der Waals surface area contributed by atoms with Gasteiger partial charge in [-0.2, -0.15) is 0 Å². The fourth-order valence-electron chi connectivity index (χ4n) is 2.12. The van der Waals surface area contributed by atoms with Gasteiger partial charge in [0.05, 0.1) is 21.3 Å². The molecule has 0 radical (unpaired) electrons. The first-order chi connectivity index (χ1) is 12.1. The third-order valence-electron chi connectivity index (χ3n) is 3.36. The SMILES string of the molecule is O=C(CCC(=O)c1ccc(Cl)s1)OCc1csc(-c2ccccc2)n1. The molecule has 3 rings (SSSR count). The van der Waals surface area contributed by atoms with Crippen molar-refractivity contribution in [3.63, 3.8) is 0 Å². The maximum absolute atomic E-state index is 11.9. The molecule has 0 unspecified atom stereocenters. The molecule has 3 aromatic rings. The number of carbonyl (C=O) groups is 2. The highest BCUT2D eigenvalue weighted by Crippen LogP contribution is 2.24. The molecule has 0 amide bonds. The van der Waals surface area contributed by atoms with Gasteiger partial charge in [-0.25, -0.2) is 4.98 Å². The van der Waals surface area contributed by atoms with Crippen molar-refractivity contribution in [1.82, 2.24) is 4.98 Å². The van der Waals surface area contributed by atoms with Gasteiger partial charge in [0.15, 0.2) is 5.78 Å². The number of carbonyl (C=O) groups excluding carboxylic acids is 2. The van der Waals surface area contributed by atoms with Gasteiger partial charge < -0.3 is 4.74 Å². The second-order valence-electron chi connectivity index (χ2n) is 5.20. The number of halogens is 1. The summed E-state index contributed by atoms with van der Waals surface area (Å²) in [6, 6.07) is 13.2. The maximum atomic E-state index is 11.9. The lowest BCUT2D eigenvalue weighted by Crippen LogP contribution is -2.07. The van der Waals surface area contributed by atoms with Crippen molar-refractivity contribution in [2.24, 2.45) is 0 Å². The number of ether oxygens (including phenoxy) is 1. The zero-order chi connectivity index (χ0) is 17.6. The summed E-state index contributed by atoms with van der Waals surface area (Å²) in [7, 11) is 0. The van der Waals surface area contributed by atoms with E-state index < -0.39 is 5.97 Å². The summed E-state index contributed by atoms with van der Waals surface area (Å²) in [5.74, 6) is -0.515. The lowest BCUT2D eigenvalue weighted by molar-refractivity contribution is -0.145. The summed E-state index contributed by atoms with van der Waals surface area (Å²) in [4.78, 5) is 28.8. The first kappa shape index (κ1) is 17.8. The molecule has 0 N–H and O–H groups in total. The van der Waals surface area contributed by atoms with Crippen LogP contribution < -0.4 is 0 Å². The minimum absolute atomic E-state index is 0.0457. The topological polar surface area (TPSA) is 56.3 Å². The minimum atomic E-state index is -0.412. The van der Waals surface area contributed by atoms with E-state index in [9.17, 15) is 9.59 Å². The van der Waals surface area contributed by atoms with Crippen molar-refractivity contribution in [1.29, 1.82) is 0 Å². The number of hydrogen-bond donors (Lipinski definition) is 0. The Hall–Kier alpha value is -2.02. The number of rotatable bonds is 7. The number of thiophene rings is 1. The van der Waals surface area contributed by atoms with Crippen LogP contribution in [0, 0.1) is 0 Å². The van der Waals surface area contributed by atoms with Crippen LogP contribution in [0.3, 0.4) is 0 Å². The molecule has 0 atom stereocenters.